The van der Waals surface area contributed by atoms with Crippen molar-refractivity contribution >= 4 is 6.03 Å². The van der Waals surface area contributed by atoms with Crippen LogP contribution < -0.4 is 5.32 Å². The Bertz CT molecular complexity index is 247. The van der Waals surface area contributed by atoms with Crippen molar-refractivity contribution in [3.05, 3.63) is 0 Å². The van der Waals surface area contributed by atoms with Gasteiger partial charge in [-0.2, -0.15) is 0 Å². The highest BCUT2D eigenvalue weighted by molar-refractivity contribution is 5.74. The minimum absolute atomic E-state index is 0.104. The van der Waals surface area contributed by atoms with Gasteiger partial charge in [-0.3, -0.25) is 4.90 Å². The zero-order chi connectivity index (χ0) is 13.5. The zero-order valence-corrected chi connectivity index (χ0v) is 12.4. The highest BCUT2D eigenvalue weighted by atomic mass is 16.2. The Labute approximate surface area is 112 Å². The molecule has 0 bridgehead atoms. The van der Waals surface area contributed by atoms with Crippen LogP contribution in [-0.2, 0) is 0 Å². The third-order valence-corrected chi connectivity index (χ3v) is 3.66. The number of nitrogens with one attached hydrogen (secondary N) is 1. The highest BCUT2D eigenvalue weighted by Gasteiger charge is 2.21. The van der Waals surface area contributed by atoms with Crippen LogP contribution >= 0.6 is 0 Å². The normalized spacial score (nSPS) is 19.1. The molecule has 0 radical (unpaired) electrons. The molecule has 1 heterocycles. The SMILES string of the molecule is CCC(C)NC(=O)N1CCN(CCC(C)C)CC1. The maximum Gasteiger partial charge on any atom is 0.317 e. The molecule has 18 heavy (non-hydrogen) atoms. The van der Waals surface area contributed by atoms with E-state index in [4.69, 9.17) is 0 Å². The van der Waals surface area contributed by atoms with E-state index in [0.717, 1.165) is 38.5 Å². The van der Waals surface area contributed by atoms with E-state index in [1.54, 1.807) is 0 Å². The van der Waals surface area contributed by atoms with Gasteiger partial charge in [-0.15, -0.1) is 0 Å². The number of piperazine rings is 1. The van der Waals surface area contributed by atoms with Crippen LogP contribution in [0.25, 0.3) is 0 Å². The van der Waals surface area contributed by atoms with Crippen molar-refractivity contribution < 1.29 is 4.79 Å². The number of hydrogen-bond donors (Lipinski definition) is 1. The summed E-state index contributed by atoms with van der Waals surface area (Å²) in [6, 6.07) is 0.379. The maximum absolute atomic E-state index is 11.9. The standard InChI is InChI=1S/C14H29N3O/c1-5-13(4)15-14(18)17-10-8-16(9-11-17)7-6-12(2)3/h12-13H,5-11H2,1-4H3,(H,15,18). The van der Waals surface area contributed by atoms with Gasteiger partial charge in [0.25, 0.3) is 0 Å². The second kappa shape index (κ2) is 7.62. The lowest BCUT2D eigenvalue weighted by Gasteiger charge is -2.35. The third-order valence-electron chi connectivity index (χ3n) is 3.66. The molecule has 4 nitrogen and oxygen atoms in total. The Balaban J connectivity index is 2.24. The fraction of sp³-hybridized carbons (Fsp3) is 0.929. The summed E-state index contributed by atoms with van der Waals surface area (Å²) in [5.74, 6) is 0.761. The summed E-state index contributed by atoms with van der Waals surface area (Å²) in [6.45, 7) is 13.6. The predicted molar refractivity (Wildman–Crippen MR) is 75.8 cm³/mol. The molecule has 2 amide bonds. The first-order valence-electron chi connectivity index (χ1n) is 7.30. The Kier molecular flexibility index (Phi) is 6.47. The first kappa shape index (κ1) is 15.3. The maximum atomic E-state index is 11.9. The predicted octanol–water partition coefficient (Wildman–Crippen LogP) is 2.16. The average Bonchev–Trinajstić information content (AvgIpc) is 2.36. The van der Waals surface area contributed by atoms with Crippen LogP contribution in [0.15, 0.2) is 0 Å². The first-order chi connectivity index (χ1) is 8.52. The molecule has 1 aliphatic heterocycles. The van der Waals surface area contributed by atoms with Crippen molar-refractivity contribution in [3.63, 3.8) is 0 Å². The van der Waals surface area contributed by atoms with E-state index >= 15 is 0 Å². The van der Waals surface area contributed by atoms with Crippen molar-refractivity contribution in [2.75, 3.05) is 32.7 Å². The number of urea groups is 1. The van der Waals surface area contributed by atoms with Gasteiger partial charge in [0, 0.05) is 32.2 Å². The summed E-state index contributed by atoms with van der Waals surface area (Å²) in [4.78, 5) is 16.3. The molecule has 1 atom stereocenters. The van der Waals surface area contributed by atoms with Crippen molar-refractivity contribution in [1.29, 1.82) is 0 Å². The molecular weight excluding hydrogens is 226 g/mol. The molecule has 0 spiro atoms. The van der Waals surface area contributed by atoms with Gasteiger partial charge in [0.1, 0.15) is 0 Å². The molecule has 106 valence electrons. The van der Waals surface area contributed by atoms with E-state index in [2.05, 4.69) is 37.9 Å². The van der Waals surface area contributed by atoms with Crippen molar-refractivity contribution in [3.8, 4) is 0 Å². The van der Waals surface area contributed by atoms with E-state index in [-0.39, 0.29) is 12.1 Å². The molecule has 0 saturated carbocycles. The molecule has 1 rings (SSSR count). The fourth-order valence-corrected chi connectivity index (χ4v) is 2.02. The Morgan fingerprint density at radius 2 is 1.78 bits per heavy atom. The highest BCUT2D eigenvalue weighted by Crippen LogP contribution is 2.07. The lowest BCUT2D eigenvalue weighted by molar-refractivity contribution is 0.134. The van der Waals surface area contributed by atoms with Crippen molar-refractivity contribution in [2.24, 2.45) is 5.92 Å². The topological polar surface area (TPSA) is 35.6 Å². The smallest absolute Gasteiger partial charge is 0.317 e. The van der Waals surface area contributed by atoms with Crippen molar-refractivity contribution in [1.82, 2.24) is 15.1 Å². The average molecular weight is 255 g/mol. The van der Waals surface area contributed by atoms with Crippen LogP contribution in [-0.4, -0.2) is 54.6 Å². The van der Waals surface area contributed by atoms with E-state index < -0.39 is 0 Å². The Morgan fingerprint density at radius 3 is 2.28 bits per heavy atom. The van der Waals surface area contributed by atoms with Gasteiger partial charge in [-0.1, -0.05) is 20.8 Å². The van der Waals surface area contributed by atoms with E-state index in [1.165, 1.54) is 13.0 Å². The van der Waals surface area contributed by atoms with Gasteiger partial charge in [0.15, 0.2) is 0 Å². The zero-order valence-electron chi connectivity index (χ0n) is 12.4. The molecule has 0 aromatic heterocycles. The van der Waals surface area contributed by atoms with Crippen LogP contribution in [0.5, 0.6) is 0 Å². The lowest BCUT2D eigenvalue weighted by atomic mass is 10.1. The summed E-state index contributed by atoms with van der Waals surface area (Å²) in [7, 11) is 0. The largest absolute Gasteiger partial charge is 0.336 e. The molecule has 0 aromatic carbocycles. The quantitative estimate of drug-likeness (QED) is 0.817. The Morgan fingerprint density at radius 1 is 1.17 bits per heavy atom. The molecule has 1 saturated heterocycles. The summed E-state index contributed by atoms with van der Waals surface area (Å²) in [5.41, 5.74) is 0. The molecule has 1 N–H and O–H groups in total. The summed E-state index contributed by atoms with van der Waals surface area (Å²) < 4.78 is 0. The minimum atomic E-state index is 0.104. The molecule has 0 aliphatic carbocycles. The second-order valence-corrected chi connectivity index (χ2v) is 5.77. The molecule has 0 aromatic rings. The van der Waals surface area contributed by atoms with Crippen molar-refractivity contribution in [2.45, 2.75) is 46.6 Å². The number of hydrogen-bond acceptors (Lipinski definition) is 2. The third kappa shape index (κ3) is 5.25. The number of rotatable bonds is 5. The van der Waals surface area contributed by atoms with Crippen LogP contribution in [0.1, 0.15) is 40.5 Å². The van der Waals surface area contributed by atoms with E-state index in [1.807, 2.05) is 4.90 Å². The molecule has 1 fully saturated rings. The van der Waals surface area contributed by atoms with Gasteiger partial charge in [-0.25, -0.2) is 4.79 Å². The van der Waals surface area contributed by atoms with Crippen LogP contribution in [0.3, 0.4) is 0 Å². The number of nitrogens with zero attached hydrogens (tertiary/aromatic N) is 2. The summed E-state index contributed by atoms with van der Waals surface area (Å²) >= 11 is 0. The van der Waals surface area contributed by atoms with Crippen LogP contribution in [0.2, 0.25) is 0 Å². The van der Waals surface area contributed by atoms with Gasteiger partial charge in [-0.05, 0) is 32.2 Å². The van der Waals surface area contributed by atoms with Gasteiger partial charge in [0.05, 0.1) is 0 Å². The van der Waals surface area contributed by atoms with Gasteiger partial charge < -0.3 is 10.2 Å². The molecule has 4 heteroatoms. The van der Waals surface area contributed by atoms with E-state index in [0.29, 0.717) is 0 Å². The van der Waals surface area contributed by atoms with Gasteiger partial charge >= 0.3 is 6.03 Å². The first-order valence-corrected chi connectivity index (χ1v) is 7.30. The Hall–Kier alpha value is -0.770. The van der Waals surface area contributed by atoms with Gasteiger partial charge in [0.2, 0.25) is 0 Å². The minimum Gasteiger partial charge on any atom is -0.336 e. The molecule has 1 unspecified atom stereocenters. The summed E-state index contributed by atoms with van der Waals surface area (Å²) in [6.07, 6.45) is 2.24. The number of carbonyl (C=O) groups excluding carboxylic acids is 1. The number of amides is 2. The monoisotopic (exact) mass is 255 g/mol. The van der Waals surface area contributed by atoms with Crippen LogP contribution in [0, 0.1) is 5.92 Å². The van der Waals surface area contributed by atoms with Crippen LogP contribution in [0.4, 0.5) is 4.79 Å². The number of carbonyl (C=O) groups is 1. The second-order valence-electron chi connectivity index (χ2n) is 5.77. The fourth-order valence-electron chi connectivity index (χ4n) is 2.02. The van der Waals surface area contributed by atoms with E-state index in [9.17, 15) is 4.79 Å². The molecular formula is C14H29N3O. The summed E-state index contributed by atoms with van der Waals surface area (Å²) in [5, 5.41) is 3.03. The molecule has 1 aliphatic rings. The lowest BCUT2D eigenvalue weighted by Crippen LogP contribution is -2.53.